The topological polar surface area (TPSA) is 62.2 Å². The lowest BCUT2D eigenvalue weighted by Gasteiger charge is -2.05. The number of benzene rings is 1. The van der Waals surface area contributed by atoms with Crippen LogP contribution in [-0.2, 0) is 6.54 Å². The summed E-state index contributed by atoms with van der Waals surface area (Å²) in [4.78, 5) is 14.6. The number of anilines is 1. The molecule has 18 heavy (non-hydrogen) atoms. The summed E-state index contributed by atoms with van der Waals surface area (Å²) in [5.41, 5.74) is 2.10. The first kappa shape index (κ1) is 12.5. The summed E-state index contributed by atoms with van der Waals surface area (Å²) in [6, 6.07) is 4.64. The second-order valence-corrected chi connectivity index (χ2v) is 4.68. The van der Waals surface area contributed by atoms with Gasteiger partial charge in [-0.15, -0.1) is 11.3 Å². The fraction of sp³-hybridized carbons (Fsp3) is 0.167. The van der Waals surface area contributed by atoms with E-state index in [9.17, 15) is 9.18 Å². The summed E-state index contributed by atoms with van der Waals surface area (Å²) in [7, 11) is 0. The van der Waals surface area contributed by atoms with Crippen LogP contribution in [0.5, 0.6) is 0 Å². The highest BCUT2D eigenvalue weighted by atomic mass is 32.1. The summed E-state index contributed by atoms with van der Waals surface area (Å²) in [5.74, 6) is -1.34. The Morgan fingerprint density at radius 3 is 2.89 bits per heavy atom. The van der Waals surface area contributed by atoms with Crippen LogP contribution < -0.4 is 5.32 Å². The fourth-order valence-corrected chi connectivity index (χ4v) is 2.17. The van der Waals surface area contributed by atoms with E-state index in [1.807, 2.05) is 6.07 Å². The number of nitrogens with zero attached hydrogens (tertiary/aromatic N) is 1. The highest BCUT2D eigenvalue weighted by molar-refractivity contribution is 7.11. The van der Waals surface area contributed by atoms with Gasteiger partial charge in [0.25, 0.3) is 0 Å². The lowest BCUT2D eigenvalue weighted by molar-refractivity contribution is 0.0696. The smallest absolute Gasteiger partial charge is 0.365 e. The number of carboxylic acid groups (broad SMARTS) is 1. The molecule has 2 rings (SSSR count). The van der Waals surface area contributed by atoms with Gasteiger partial charge in [-0.2, -0.15) is 0 Å². The molecule has 0 aliphatic heterocycles. The van der Waals surface area contributed by atoms with Crippen molar-refractivity contribution in [2.45, 2.75) is 13.5 Å². The number of halogens is 1. The molecule has 2 aromatic rings. The maximum Gasteiger partial charge on any atom is 0.365 e. The molecule has 6 heteroatoms. The van der Waals surface area contributed by atoms with Crippen LogP contribution in [0.25, 0.3) is 0 Å². The number of aromatic carboxylic acids is 1. The second kappa shape index (κ2) is 5.14. The van der Waals surface area contributed by atoms with Gasteiger partial charge in [0.05, 0.1) is 12.2 Å². The van der Waals surface area contributed by atoms with Crippen molar-refractivity contribution in [1.29, 1.82) is 0 Å². The van der Waals surface area contributed by atoms with Crippen molar-refractivity contribution in [3.63, 3.8) is 0 Å². The van der Waals surface area contributed by atoms with Crippen LogP contribution in [0.3, 0.4) is 0 Å². The SMILES string of the molecule is Cc1cc(F)cc(NCc2csc(C(=O)O)n2)c1. The average molecular weight is 266 g/mol. The van der Waals surface area contributed by atoms with Gasteiger partial charge in [-0.25, -0.2) is 14.2 Å². The maximum atomic E-state index is 13.1. The van der Waals surface area contributed by atoms with Crippen LogP contribution in [0.1, 0.15) is 21.1 Å². The summed E-state index contributed by atoms with van der Waals surface area (Å²) >= 11 is 1.07. The van der Waals surface area contributed by atoms with E-state index in [4.69, 9.17) is 5.11 Å². The third-order valence-corrected chi connectivity index (χ3v) is 3.13. The molecule has 0 amide bonds. The van der Waals surface area contributed by atoms with Gasteiger partial charge in [-0.1, -0.05) is 0 Å². The van der Waals surface area contributed by atoms with Crippen LogP contribution in [-0.4, -0.2) is 16.1 Å². The molecule has 0 fully saturated rings. The van der Waals surface area contributed by atoms with Gasteiger partial charge in [0.2, 0.25) is 5.01 Å². The van der Waals surface area contributed by atoms with Crippen molar-refractivity contribution in [2.24, 2.45) is 0 Å². The van der Waals surface area contributed by atoms with E-state index in [1.165, 1.54) is 12.1 Å². The zero-order valence-electron chi connectivity index (χ0n) is 9.61. The molecule has 2 N–H and O–H groups in total. The van der Waals surface area contributed by atoms with E-state index in [1.54, 1.807) is 12.3 Å². The molecule has 1 heterocycles. The molecule has 0 aliphatic rings. The number of hydrogen-bond acceptors (Lipinski definition) is 4. The third kappa shape index (κ3) is 3.04. The summed E-state index contributed by atoms with van der Waals surface area (Å²) in [5, 5.41) is 13.5. The minimum atomic E-state index is -1.03. The largest absolute Gasteiger partial charge is 0.476 e. The number of nitrogens with one attached hydrogen (secondary N) is 1. The van der Waals surface area contributed by atoms with E-state index in [2.05, 4.69) is 10.3 Å². The summed E-state index contributed by atoms with van der Waals surface area (Å²) < 4.78 is 13.1. The minimum Gasteiger partial charge on any atom is -0.476 e. The monoisotopic (exact) mass is 266 g/mol. The number of rotatable bonds is 4. The van der Waals surface area contributed by atoms with E-state index >= 15 is 0 Å². The molecule has 4 nitrogen and oxygen atoms in total. The van der Waals surface area contributed by atoms with Gasteiger partial charge in [-0.05, 0) is 30.7 Å². The highest BCUT2D eigenvalue weighted by Crippen LogP contribution is 2.15. The number of carbonyl (C=O) groups is 1. The van der Waals surface area contributed by atoms with Crippen LogP contribution >= 0.6 is 11.3 Å². The van der Waals surface area contributed by atoms with Gasteiger partial charge in [0.15, 0.2) is 0 Å². The quantitative estimate of drug-likeness (QED) is 0.893. The van der Waals surface area contributed by atoms with Crippen molar-refractivity contribution >= 4 is 23.0 Å². The van der Waals surface area contributed by atoms with Crippen LogP contribution in [0.4, 0.5) is 10.1 Å². The van der Waals surface area contributed by atoms with E-state index < -0.39 is 5.97 Å². The van der Waals surface area contributed by atoms with Crippen molar-refractivity contribution in [2.75, 3.05) is 5.32 Å². The van der Waals surface area contributed by atoms with Crippen LogP contribution in [0, 0.1) is 12.7 Å². The Labute approximate surface area is 107 Å². The Hall–Kier alpha value is -1.95. The number of aryl methyl sites for hydroxylation is 1. The average Bonchev–Trinajstić information content (AvgIpc) is 2.73. The number of aromatic nitrogens is 1. The first-order valence-corrected chi connectivity index (χ1v) is 6.11. The molecular weight excluding hydrogens is 255 g/mol. The molecular formula is C12H11FN2O2S. The minimum absolute atomic E-state index is 0.0576. The normalized spacial score (nSPS) is 10.3. The zero-order valence-corrected chi connectivity index (χ0v) is 10.4. The Morgan fingerprint density at radius 1 is 1.50 bits per heavy atom. The lowest BCUT2D eigenvalue weighted by atomic mass is 10.2. The molecule has 1 aromatic heterocycles. The molecule has 0 aliphatic carbocycles. The summed E-state index contributed by atoms with van der Waals surface area (Å²) in [6.07, 6.45) is 0. The van der Waals surface area contributed by atoms with Gasteiger partial charge in [-0.3, -0.25) is 0 Å². The lowest BCUT2D eigenvalue weighted by Crippen LogP contribution is -2.02. The molecule has 0 radical (unpaired) electrons. The molecule has 1 aromatic carbocycles. The number of hydrogen-bond donors (Lipinski definition) is 2. The predicted molar refractivity (Wildman–Crippen MR) is 67.5 cm³/mol. The zero-order chi connectivity index (χ0) is 13.1. The standard InChI is InChI=1S/C12H11FN2O2S/c1-7-2-8(13)4-9(3-7)14-5-10-6-18-11(15-10)12(16)17/h2-4,6,14H,5H2,1H3,(H,16,17). The molecule has 0 bridgehead atoms. The molecule has 0 saturated heterocycles. The van der Waals surface area contributed by atoms with Crippen molar-refractivity contribution in [1.82, 2.24) is 4.98 Å². The first-order valence-electron chi connectivity index (χ1n) is 5.23. The molecule has 0 saturated carbocycles. The number of thiazole rings is 1. The van der Waals surface area contributed by atoms with E-state index in [0.29, 0.717) is 17.9 Å². The van der Waals surface area contributed by atoms with Gasteiger partial charge < -0.3 is 10.4 Å². The van der Waals surface area contributed by atoms with Crippen LogP contribution in [0.2, 0.25) is 0 Å². The Bertz CT molecular complexity index is 563. The van der Waals surface area contributed by atoms with Gasteiger partial charge in [0.1, 0.15) is 5.82 Å². The Balaban J connectivity index is 2.04. The van der Waals surface area contributed by atoms with Crippen LogP contribution in [0.15, 0.2) is 23.6 Å². The molecule has 0 spiro atoms. The fourth-order valence-electron chi connectivity index (χ4n) is 1.52. The number of carboxylic acids is 1. The predicted octanol–water partition coefficient (Wildman–Crippen LogP) is 2.90. The Kier molecular flexibility index (Phi) is 3.57. The third-order valence-electron chi connectivity index (χ3n) is 2.25. The second-order valence-electron chi connectivity index (χ2n) is 3.82. The van der Waals surface area contributed by atoms with Gasteiger partial charge in [0, 0.05) is 11.1 Å². The first-order chi connectivity index (χ1) is 8.54. The van der Waals surface area contributed by atoms with E-state index in [-0.39, 0.29) is 10.8 Å². The van der Waals surface area contributed by atoms with Crippen molar-refractivity contribution in [3.05, 3.63) is 45.7 Å². The molecule has 0 unspecified atom stereocenters. The highest BCUT2D eigenvalue weighted by Gasteiger charge is 2.08. The molecule has 0 atom stereocenters. The summed E-state index contributed by atoms with van der Waals surface area (Å²) in [6.45, 7) is 2.17. The maximum absolute atomic E-state index is 13.1. The van der Waals surface area contributed by atoms with E-state index in [0.717, 1.165) is 16.9 Å². The molecule has 94 valence electrons. The van der Waals surface area contributed by atoms with Gasteiger partial charge >= 0.3 is 5.97 Å². The Morgan fingerprint density at radius 2 is 2.28 bits per heavy atom. The van der Waals surface area contributed by atoms with Crippen molar-refractivity contribution in [3.8, 4) is 0 Å². The van der Waals surface area contributed by atoms with Crippen molar-refractivity contribution < 1.29 is 14.3 Å².